The second-order valence-corrected chi connectivity index (χ2v) is 6.16. The Hall–Kier alpha value is -0.860. The summed E-state index contributed by atoms with van der Waals surface area (Å²) in [4.78, 5) is 15.5. The molecule has 0 saturated carbocycles. The summed E-state index contributed by atoms with van der Waals surface area (Å²) in [5, 5.41) is 3.87. The maximum absolute atomic E-state index is 12.5. The Morgan fingerprint density at radius 1 is 1.45 bits per heavy atom. The number of hydrogen-bond donors (Lipinski definition) is 2. The highest BCUT2D eigenvalue weighted by atomic mass is 35.5. The van der Waals surface area contributed by atoms with E-state index < -0.39 is 24.0 Å². The van der Waals surface area contributed by atoms with Crippen molar-refractivity contribution in [3.63, 3.8) is 0 Å². The highest BCUT2D eigenvalue weighted by molar-refractivity contribution is 7.09. The third kappa shape index (κ3) is 6.10. The minimum absolute atomic E-state index is 0. The van der Waals surface area contributed by atoms with Gasteiger partial charge in [-0.25, -0.2) is 4.98 Å². The van der Waals surface area contributed by atoms with Crippen LogP contribution in [0.2, 0.25) is 0 Å². The molecule has 1 aromatic heterocycles. The van der Waals surface area contributed by atoms with Crippen molar-refractivity contribution in [2.24, 2.45) is 11.7 Å². The van der Waals surface area contributed by atoms with Crippen LogP contribution in [0.3, 0.4) is 0 Å². The molecule has 1 amide bonds. The fraction of sp³-hybridized carbons (Fsp3) is 0.692. The van der Waals surface area contributed by atoms with Crippen LogP contribution in [0.4, 0.5) is 13.2 Å². The SMILES string of the molecule is CCC(NC(=O)[C@@H](N)CC(C)C)c1nc(C(F)(F)F)cs1.Cl. The van der Waals surface area contributed by atoms with Crippen molar-refractivity contribution in [3.8, 4) is 0 Å². The molecule has 0 fully saturated rings. The van der Waals surface area contributed by atoms with Gasteiger partial charge in [0.25, 0.3) is 0 Å². The summed E-state index contributed by atoms with van der Waals surface area (Å²) < 4.78 is 37.6. The zero-order valence-corrected chi connectivity index (χ0v) is 14.2. The largest absolute Gasteiger partial charge is 0.434 e. The van der Waals surface area contributed by atoms with Gasteiger partial charge in [0.2, 0.25) is 5.91 Å². The Kier molecular flexibility index (Phi) is 8.35. The second kappa shape index (κ2) is 8.69. The summed E-state index contributed by atoms with van der Waals surface area (Å²) in [6, 6.07) is -1.21. The summed E-state index contributed by atoms with van der Waals surface area (Å²) in [6.45, 7) is 5.66. The van der Waals surface area contributed by atoms with Crippen LogP contribution in [0.15, 0.2) is 5.38 Å². The van der Waals surface area contributed by atoms with Gasteiger partial charge in [-0.1, -0.05) is 20.8 Å². The number of carbonyl (C=O) groups excluding carboxylic acids is 1. The van der Waals surface area contributed by atoms with Gasteiger partial charge in [-0.05, 0) is 18.8 Å². The van der Waals surface area contributed by atoms with Crippen molar-refractivity contribution in [2.45, 2.75) is 51.9 Å². The molecule has 0 aliphatic rings. The molecule has 0 spiro atoms. The molecule has 22 heavy (non-hydrogen) atoms. The molecular weight excluding hydrogens is 339 g/mol. The number of hydrogen-bond acceptors (Lipinski definition) is 4. The molecule has 1 aromatic rings. The van der Waals surface area contributed by atoms with Crippen molar-refractivity contribution in [1.82, 2.24) is 10.3 Å². The van der Waals surface area contributed by atoms with Gasteiger partial charge in [-0.2, -0.15) is 13.2 Å². The quantitative estimate of drug-likeness (QED) is 0.816. The summed E-state index contributed by atoms with van der Waals surface area (Å²) >= 11 is 0.890. The molecular formula is C13H21ClF3N3OS. The maximum Gasteiger partial charge on any atom is 0.434 e. The number of amides is 1. The van der Waals surface area contributed by atoms with Crippen molar-refractivity contribution in [1.29, 1.82) is 0 Å². The first kappa shape index (κ1) is 21.1. The highest BCUT2D eigenvalue weighted by Gasteiger charge is 2.34. The van der Waals surface area contributed by atoms with E-state index in [1.807, 2.05) is 13.8 Å². The number of carbonyl (C=O) groups is 1. The number of nitrogens with one attached hydrogen (secondary N) is 1. The molecule has 1 heterocycles. The van der Waals surface area contributed by atoms with E-state index in [4.69, 9.17) is 5.73 Å². The van der Waals surface area contributed by atoms with Gasteiger partial charge in [-0.15, -0.1) is 23.7 Å². The van der Waals surface area contributed by atoms with Crippen molar-refractivity contribution in [3.05, 3.63) is 16.1 Å². The van der Waals surface area contributed by atoms with Crippen molar-refractivity contribution < 1.29 is 18.0 Å². The van der Waals surface area contributed by atoms with Crippen LogP contribution >= 0.6 is 23.7 Å². The molecule has 0 bridgehead atoms. The topological polar surface area (TPSA) is 68.0 Å². The van der Waals surface area contributed by atoms with Crippen LogP contribution in [0.25, 0.3) is 0 Å². The van der Waals surface area contributed by atoms with Gasteiger partial charge in [0.05, 0.1) is 12.1 Å². The van der Waals surface area contributed by atoms with Crippen LogP contribution in [0, 0.1) is 5.92 Å². The normalized spacial score (nSPS) is 14.4. The highest BCUT2D eigenvalue weighted by Crippen LogP contribution is 2.32. The van der Waals surface area contributed by atoms with Gasteiger partial charge in [-0.3, -0.25) is 4.79 Å². The molecule has 1 unspecified atom stereocenters. The molecule has 0 saturated heterocycles. The van der Waals surface area contributed by atoms with Gasteiger partial charge in [0.1, 0.15) is 5.01 Å². The predicted octanol–water partition coefficient (Wildman–Crippen LogP) is 3.52. The minimum Gasteiger partial charge on any atom is -0.346 e. The first-order valence-electron chi connectivity index (χ1n) is 6.73. The Morgan fingerprint density at radius 3 is 2.45 bits per heavy atom. The van der Waals surface area contributed by atoms with E-state index >= 15 is 0 Å². The first-order valence-corrected chi connectivity index (χ1v) is 7.61. The first-order chi connectivity index (χ1) is 9.65. The van der Waals surface area contributed by atoms with E-state index in [-0.39, 0.29) is 29.2 Å². The lowest BCUT2D eigenvalue weighted by Gasteiger charge is -2.19. The lowest BCUT2D eigenvalue weighted by molar-refractivity contribution is -0.140. The monoisotopic (exact) mass is 359 g/mol. The average Bonchev–Trinajstić information content (AvgIpc) is 2.83. The smallest absolute Gasteiger partial charge is 0.346 e. The van der Waals surface area contributed by atoms with Gasteiger partial charge in [0, 0.05) is 5.38 Å². The molecule has 3 N–H and O–H groups in total. The molecule has 2 atom stereocenters. The zero-order valence-electron chi connectivity index (χ0n) is 12.6. The minimum atomic E-state index is -4.47. The number of alkyl halides is 3. The fourth-order valence-electron chi connectivity index (χ4n) is 1.81. The predicted molar refractivity (Wildman–Crippen MR) is 83.0 cm³/mol. The molecule has 0 aliphatic heterocycles. The Labute approximate surface area is 138 Å². The maximum atomic E-state index is 12.5. The number of nitrogens with two attached hydrogens (primary N) is 1. The van der Waals surface area contributed by atoms with Crippen LogP contribution in [-0.2, 0) is 11.0 Å². The molecule has 0 aromatic carbocycles. The van der Waals surface area contributed by atoms with Crippen molar-refractivity contribution >= 4 is 29.7 Å². The standard InChI is InChI=1S/C13H20F3N3OS.ClH/c1-4-9(18-11(20)8(17)5-7(2)3)12-19-10(6-21-12)13(14,15)16;/h6-9H,4-5,17H2,1-3H3,(H,18,20);1H/t8-,9?;/m0./s1. The van der Waals surface area contributed by atoms with E-state index in [1.165, 1.54) is 0 Å². The lowest BCUT2D eigenvalue weighted by Crippen LogP contribution is -2.42. The number of rotatable bonds is 6. The van der Waals surface area contributed by atoms with E-state index in [9.17, 15) is 18.0 Å². The van der Waals surface area contributed by atoms with Crippen LogP contribution in [0.1, 0.15) is 50.4 Å². The van der Waals surface area contributed by atoms with E-state index in [0.29, 0.717) is 12.8 Å². The third-order valence-electron chi connectivity index (χ3n) is 2.90. The van der Waals surface area contributed by atoms with Crippen molar-refractivity contribution in [2.75, 3.05) is 0 Å². The average molecular weight is 360 g/mol. The number of aromatic nitrogens is 1. The summed E-state index contributed by atoms with van der Waals surface area (Å²) in [7, 11) is 0. The molecule has 128 valence electrons. The Balaban J connectivity index is 0.00000441. The Bertz CT molecular complexity index is 479. The molecule has 0 aliphatic carbocycles. The fourth-order valence-corrected chi connectivity index (χ4v) is 2.77. The lowest BCUT2D eigenvalue weighted by atomic mass is 10.0. The zero-order chi connectivity index (χ0) is 16.2. The van der Waals surface area contributed by atoms with Gasteiger partial charge >= 0.3 is 6.18 Å². The molecule has 9 heteroatoms. The van der Waals surface area contributed by atoms with E-state index in [1.54, 1.807) is 6.92 Å². The number of nitrogens with zero attached hydrogens (tertiary/aromatic N) is 1. The summed E-state index contributed by atoms with van der Waals surface area (Å²) in [6.07, 6.45) is -3.50. The molecule has 0 radical (unpaired) electrons. The van der Waals surface area contributed by atoms with Crippen LogP contribution in [0.5, 0.6) is 0 Å². The molecule has 1 rings (SSSR count). The summed E-state index contributed by atoms with van der Waals surface area (Å²) in [5.41, 5.74) is 4.84. The van der Waals surface area contributed by atoms with Crippen LogP contribution < -0.4 is 11.1 Å². The van der Waals surface area contributed by atoms with Gasteiger partial charge < -0.3 is 11.1 Å². The van der Waals surface area contributed by atoms with Gasteiger partial charge in [0.15, 0.2) is 5.69 Å². The van der Waals surface area contributed by atoms with E-state index in [0.717, 1.165) is 16.7 Å². The Morgan fingerprint density at radius 2 is 2.05 bits per heavy atom. The summed E-state index contributed by atoms with van der Waals surface area (Å²) in [5.74, 6) is -0.0955. The number of halogens is 4. The third-order valence-corrected chi connectivity index (χ3v) is 3.86. The molecule has 4 nitrogen and oxygen atoms in total. The number of thiazole rings is 1. The van der Waals surface area contributed by atoms with Crippen LogP contribution in [-0.4, -0.2) is 16.9 Å². The van der Waals surface area contributed by atoms with E-state index in [2.05, 4.69) is 10.3 Å². The second-order valence-electron chi connectivity index (χ2n) is 5.27.